The third kappa shape index (κ3) is 7.10. The number of nitrogens with two attached hydrogens (primary N) is 2. The van der Waals surface area contributed by atoms with E-state index in [2.05, 4.69) is 10.2 Å². The van der Waals surface area contributed by atoms with E-state index in [1.54, 1.807) is 0 Å². The maximum Gasteiger partial charge on any atom is 0.300 e. The van der Waals surface area contributed by atoms with Gasteiger partial charge >= 0.3 is 0 Å². The summed E-state index contributed by atoms with van der Waals surface area (Å²) in [6.07, 6.45) is 1.51. The minimum absolute atomic E-state index is 0.0896. The molecule has 2 rings (SSSR count). The SMILES string of the molecule is CC(=O)O.NC(N)=NN=Cc1ccc(-c2ccccc2)cc1Cl. The van der Waals surface area contributed by atoms with Crippen molar-refractivity contribution >= 4 is 29.7 Å². The van der Waals surface area contributed by atoms with Crippen LogP contribution in [0.1, 0.15) is 12.5 Å². The monoisotopic (exact) mass is 332 g/mol. The highest BCUT2D eigenvalue weighted by molar-refractivity contribution is 6.33. The lowest BCUT2D eigenvalue weighted by Crippen LogP contribution is -2.21. The Morgan fingerprint density at radius 3 is 2.26 bits per heavy atom. The first kappa shape index (κ1) is 18.2. The third-order valence-electron chi connectivity index (χ3n) is 2.48. The van der Waals surface area contributed by atoms with E-state index >= 15 is 0 Å². The van der Waals surface area contributed by atoms with Gasteiger partial charge < -0.3 is 16.6 Å². The number of carboxylic acids is 1. The summed E-state index contributed by atoms with van der Waals surface area (Å²) in [7, 11) is 0. The maximum atomic E-state index is 9.00. The smallest absolute Gasteiger partial charge is 0.300 e. The van der Waals surface area contributed by atoms with Crippen molar-refractivity contribution < 1.29 is 9.90 Å². The molecule has 0 aromatic heterocycles. The molecule has 0 spiro atoms. The Morgan fingerprint density at radius 2 is 1.74 bits per heavy atom. The number of guanidine groups is 1. The Hall–Kier alpha value is -2.86. The molecule has 0 fully saturated rings. The van der Waals surface area contributed by atoms with Crippen molar-refractivity contribution in [3.05, 3.63) is 59.1 Å². The van der Waals surface area contributed by atoms with Gasteiger partial charge in [0.2, 0.25) is 5.96 Å². The van der Waals surface area contributed by atoms with Crippen molar-refractivity contribution in [2.24, 2.45) is 21.7 Å². The fraction of sp³-hybridized carbons (Fsp3) is 0.0625. The van der Waals surface area contributed by atoms with Crippen LogP contribution in [-0.4, -0.2) is 23.2 Å². The van der Waals surface area contributed by atoms with Gasteiger partial charge in [0.05, 0.1) is 11.2 Å². The van der Waals surface area contributed by atoms with Gasteiger partial charge in [0, 0.05) is 12.5 Å². The lowest BCUT2D eigenvalue weighted by atomic mass is 10.0. The van der Waals surface area contributed by atoms with Gasteiger partial charge in [0.1, 0.15) is 0 Å². The van der Waals surface area contributed by atoms with Gasteiger partial charge in [-0.3, -0.25) is 4.79 Å². The molecule has 0 atom stereocenters. The van der Waals surface area contributed by atoms with Crippen LogP contribution in [0.3, 0.4) is 0 Å². The number of nitrogens with zero attached hydrogens (tertiary/aromatic N) is 2. The van der Waals surface area contributed by atoms with Crippen LogP contribution in [0.5, 0.6) is 0 Å². The van der Waals surface area contributed by atoms with Gasteiger partial charge in [0.15, 0.2) is 0 Å². The van der Waals surface area contributed by atoms with Crippen LogP contribution in [0.15, 0.2) is 58.7 Å². The van der Waals surface area contributed by atoms with E-state index in [1.165, 1.54) is 6.21 Å². The van der Waals surface area contributed by atoms with Crippen molar-refractivity contribution in [3.8, 4) is 11.1 Å². The zero-order valence-corrected chi connectivity index (χ0v) is 13.2. The summed E-state index contributed by atoms with van der Waals surface area (Å²) in [5.41, 5.74) is 13.3. The molecule has 0 aliphatic carbocycles. The molecule has 2 aromatic rings. The molecule has 0 saturated carbocycles. The maximum absolute atomic E-state index is 9.00. The van der Waals surface area contributed by atoms with Crippen molar-refractivity contribution in [2.45, 2.75) is 6.92 Å². The summed E-state index contributed by atoms with van der Waals surface area (Å²) in [5.74, 6) is -0.923. The minimum atomic E-state index is -0.833. The Kier molecular flexibility index (Phi) is 7.29. The highest BCUT2D eigenvalue weighted by Crippen LogP contribution is 2.24. The van der Waals surface area contributed by atoms with Gasteiger partial charge in [-0.1, -0.05) is 54.1 Å². The van der Waals surface area contributed by atoms with Crippen LogP contribution >= 0.6 is 11.6 Å². The van der Waals surface area contributed by atoms with E-state index in [0.717, 1.165) is 23.6 Å². The number of halogens is 1. The van der Waals surface area contributed by atoms with E-state index < -0.39 is 5.97 Å². The van der Waals surface area contributed by atoms with Gasteiger partial charge in [-0.2, -0.15) is 5.10 Å². The number of carboxylic acid groups (broad SMARTS) is 1. The van der Waals surface area contributed by atoms with Crippen LogP contribution < -0.4 is 11.5 Å². The van der Waals surface area contributed by atoms with Gasteiger partial charge in [-0.05, 0) is 17.2 Å². The second-order valence-corrected chi connectivity index (χ2v) is 4.80. The Morgan fingerprint density at radius 1 is 1.13 bits per heavy atom. The molecule has 5 N–H and O–H groups in total. The molecule has 0 amide bonds. The second kappa shape index (κ2) is 9.22. The van der Waals surface area contributed by atoms with Gasteiger partial charge in [0.25, 0.3) is 5.97 Å². The molecular formula is C16H17ClN4O2. The summed E-state index contributed by atoms with van der Waals surface area (Å²) >= 11 is 6.19. The quantitative estimate of drug-likeness (QED) is 0.455. The standard InChI is InChI=1S/C14H13ClN4.C2H4O2/c15-13-8-11(10-4-2-1-3-5-10)6-7-12(13)9-18-19-14(16)17;1-2(3)4/h1-9H,(H4,16,17,19);1H3,(H,3,4). The first-order chi connectivity index (χ1) is 10.9. The zero-order valence-electron chi connectivity index (χ0n) is 12.5. The molecule has 0 saturated heterocycles. The summed E-state index contributed by atoms with van der Waals surface area (Å²) in [4.78, 5) is 9.00. The van der Waals surface area contributed by atoms with Crippen molar-refractivity contribution in [1.82, 2.24) is 0 Å². The topological polar surface area (TPSA) is 114 Å². The van der Waals surface area contributed by atoms with E-state index in [0.29, 0.717) is 5.02 Å². The van der Waals surface area contributed by atoms with E-state index in [9.17, 15) is 0 Å². The highest BCUT2D eigenvalue weighted by Gasteiger charge is 2.01. The summed E-state index contributed by atoms with van der Waals surface area (Å²) in [5, 5.41) is 15.3. The molecule has 23 heavy (non-hydrogen) atoms. The van der Waals surface area contributed by atoms with Crippen LogP contribution in [0, 0.1) is 0 Å². The van der Waals surface area contributed by atoms with Crippen molar-refractivity contribution in [2.75, 3.05) is 0 Å². The first-order valence-corrected chi connectivity index (χ1v) is 6.94. The number of benzene rings is 2. The van der Waals surface area contributed by atoms with Crippen LogP contribution in [0.2, 0.25) is 5.02 Å². The fourth-order valence-corrected chi connectivity index (χ4v) is 1.83. The molecule has 7 heteroatoms. The number of carbonyl (C=O) groups is 1. The third-order valence-corrected chi connectivity index (χ3v) is 2.80. The predicted octanol–water partition coefficient (Wildman–Crippen LogP) is 2.71. The zero-order chi connectivity index (χ0) is 17.2. The Balaban J connectivity index is 0.000000593. The van der Waals surface area contributed by atoms with Crippen molar-refractivity contribution in [1.29, 1.82) is 0 Å². The van der Waals surface area contributed by atoms with Crippen molar-refractivity contribution in [3.63, 3.8) is 0 Å². The summed E-state index contributed by atoms with van der Waals surface area (Å²) in [6.45, 7) is 1.08. The van der Waals surface area contributed by atoms with E-state index in [1.807, 2.05) is 48.5 Å². The highest BCUT2D eigenvalue weighted by atomic mass is 35.5. The van der Waals surface area contributed by atoms with Crippen LogP contribution in [-0.2, 0) is 4.79 Å². The Bertz CT molecular complexity index is 707. The molecule has 120 valence electrons. The largest absolute Gasteiger partial charge is 0.481 e. The number of hydrogen-bond acceptors (Lipinski definition) is 3. The molecule has 6 nitrogen and oxygen atoms in total. The first-order valence-electron chi connectivity index (χ1n) is 6.56. The summed E-state index contributed by atoms with van der Waals surface area (Å²) < 4.78 is 0. The molecule has 0 heterocycles. The van der Waals surface area contributed by atoms with E-state index in [4.69, 9.17) is 33.0 Å². The van der Waals surface area contributed by atoms with Gasteiger partial charge in [-0.25, -0.2) is 0 Å². The summed E-state index contributed by atoms with van der Waals surface area (Å²) in [6, 6.07) is 15.7. The lowest BCUT2D eigenvalue weighted by molar-refractivity contribution is -0.134. The molecule has 0 aliphatic rings. The number of hydrogen-bond donors (Lipinski definition) is 3. The number of aliphatic carboxylic acids is 1. The predicted molar refractivity (Wildman–Crippen MR) is 93.6 cm³/mol. The number of rotatable bonds is 3. The average Bonchev–Trinajstić information content (AvgIpc) is 2.49. The minimum Gasteiger partial charge on any atom is -0.481 e. The molecule has 0 bridgehead atoms. The van der Waals surface area contributed by atoms with Crippen LogP contribution in [0.4, 0.5) is 0 Å². The molecule has 0 radical (unpaired) electrons. The van der Waals surface area contributed by atoms with Crippen LogP contribution in [0.25, 0.3) is 11.1 Å². The second-order valence-electron chi connectivity index (χ2n) is 4.39. The fourth-order valence-electron chi connectivity index (χ4n) is 1.60. The normalized spacial score (nSPS) is 9.83. The molecular weight excluding hydrogens is 316 g/mol. The average molecular weight is 333 g/mol. The molecule has 0 aliphatic heterocycles. The Labute approximate surface area is 139 Å². The molecule has 0 unspecified atom stereocenters. The van der Waals surface area contributed by atoms with E-state index in [-0.39, 0.29) is 5.96 Å². The van der Waals surface area contributed by atoms with Gasteiger partial charge in [-0.15, -0.1) is 5.10 Å². The lowest BCUT2D eigenvalue weighted by Gasteiger charge is -2.03. The molecule has 2 aromatic carbocycles.